The predicted molar refractivity (Wildman–Crippen MR) is 73.7 cm³/mol. The van der Waals surface area contributed by atoms with E-state index in [0.717, 1.165) is 12.1 Å². The predicted octanol–water partition coefficient (Wildman–Crippen LogP) is 3.32. The molecule has 1 atom stereocenters. The minimum absolute atomic E-state index is 0.0130. The molecule has 0 spiro atoms. The van der Waals surface area contributed by atoms with Crippen LogP contribution in [0.4, 0.5) is 13.2 Å². The molecule has 1 rings (SSSR count). The van der Waals surface area contributed by atoms with Crippen LogP contribution < -0.4 is 5.73 Å². The summed E-state index contributed by atoms with van der Waals surface area (Å²) in [4.78, 5) is 11.6. The van der Waals surface area contributed by atoms with Crippen LogP contribution >= 0.6 is 0 Å². The first kappa shape index (κ1) is 17.5. The summed E-state index contributed by atoms with van der Waals surface area (Å²) in [6.07, 6.45) is -4.14. The molecule has 0 amide bonds. The van der Waals surface area contributed by atoms with Gasteiger partial charge in [-0.15, -0.1) is 0 Å². The molecule has 0 aliphatic carbocycles. The van der Waals surface area contributed by atoms with E-state index in [-0.39, 0.29) is 18.9 Å². The molecule has 0 heterocycles. The lowest BCUT2D eigenvalue weighted by molar-refractivity contribution is -0.149. The second-order valence-electron chi connectivity index (χ2n) is 5.76. The van der Waals surface area contributed by atoms with E-state index in [9.17, 15) is 23.1 Å². The number of nitrogens with two attached hydrogens (primary N) is 1. The lowest BCUT2D eigenvalue weighted by Crippen LogP contribution is -2.41. The second-order valence-corrected chi connectivity index (χ2v) is 5.76. The first-order chi connectivity index (χ1) is 9.60. The maximum absolute atomic E-state index is 12.7. The SMILES string of the molecule is CC(C)CC(CN)(Cc1cccc(C(F)(F)F)c1)C(=O)O. The number of hydrogen-bond acceptors (Lipinski definition) is 2. The van der Waals surface area contributed by atoms with Gasteiger partial charge in [0.1, 0.15) is 0 Å². The van der Waals surface area contributed by atoms with Crippen LogP contribution in [0.15, 0.2) is 24.3 Å². The van der Waals surface area contributed by atoms with Crippen LogP contribution in [-0.4, -0.2) is 17.6 Å². The minimum atomic E-state index is -4.44. The van der Waals surface area contributed by atoms with E-state index >= 15 is 0 Å². The average Bonchev–Trinajstić information content (AvgIpc) is 2.36. The molecule has 0 saturated heterocycles. The highest BCUT2D eigenvalue weighted by molar-refractivity contribution is 5.75. The van der Waals surface area contributed by atoms with Crippen LogP contribution in [0.5, 0.6) is 0 Å². The van der Waals surface area contributed by atoms with Crippen LogP contribution in [-0.2, 0) is 17.4 Å². The van der Waals surface area contributed by atoms with Crippen LogP contribution in [0.2, 0.25) is 0 Å². The number of alkyl halides is 3. The Kier molecular flexibility index (Phi) is 5.39. The zero-order chi connectivity index (χ0) is 16.3. The monoisotopic (exact) mass is 303 g/mol. The Bertz CT molecular complexity index is 500. The molecule has 1 unspecified atom stereocenters. The van der Waals surface area contributed by atoms with E-state index in [0.29, 0.717) is 12.0 Å². The lowest BCUT2D eigenvalue weighted by atomic mass is 9.75. The molecule has 3 nitrogen and oxygen atoms in total. The maximum atomic E-state index is 12.7. The molecule has 0 radical (unpaired) electrons. The summed E-state index contributed by atoms with van der Waals surface area (Å²) in [7, 11) is 0. The van der Waals surface area contributed by atoms with Crippen molar-refractivity contribution in [3.05, 3.63) is 35.4 Å². The van der Waals surface area contributed by atoms with Gasteiger partial charge in [0, 0.05) is 6.54 Å². The molecule has 6 heteroatoms. The highest BCUT2D eigenvalue weighted by Gasteiger charge is 2.38. The minimum Gasteiger partial charge on any atom is -0.481 e. The number of aliphatic carboxylic acids is 1. The van der Waals surface area contributed by atoms with Crippen molar-refractivity contribution >= 4 is 5.97 Å². The quantitative estimate of drug-likeness (QED) is 0.847. The molecule has 0 saturated carbocycles. The van der Waals surface area contributed by atoms with Crippen molar-refractivity contribution in [1.82, 2.24) is 0 Å². The Hall–Kier alpha value is -1.56. The van der Waals surface area contributed by atoms with Gasteiger partial charge >= 0.3 is 12.1 Å². The number of carbonyl (C=O) groups is 1. The highest BCUT2D eigenvalue weighted by Crippen LogP contribution is 2.33. The fraction of sp³-hybridized carbons (Fsp3) is 0.533. The van der Waals surface area contributed by atoms with Crippen LogP contribution in [0.3, 0.4) is 0 Å². The van der Waals surface area contributed by atoms with Crippen LogP contribution in [0.25, 0.3) is 0 Å². The van der Waals surface area contributed by atoms with Gasteiger partial charge in [0.25, 0.3) is 0 Å². The number of carboxylic acids is 1. The van der Waals surface area contributed by atoms with Gasteiger partial charge in [0.05, 0.1) is 11.0 Å². The van der Waals surface area contributed by atoms with Crippen molar-refractivity contribution in [1.29, 1.82) is 0 Å². The third kappa shape index (κ3) is 4.46. The van der Waals surface area contributed by atoms with Crippen molar-refractivity contribution in [3.8, 4) is 0 Å². The van der Waals surface area contributed by atoms with E-state index in [4.69, 9.17) is 5.73 Å². The number of halogens is 3. The summed E-state index contributed by atoms with van der Waals surface area (Å²) >= 11 is 0. The van der Waals surface area contributed by atoms with E-state index < -0.39 is 23.1 Å². The fourth-order valence-electron chi connectivity index (χ4n) is 2.51. The molecule has 0 fully saturated rings. The van der Waals surface area contributed by atoms with Gasteiger partial charge in [-0.3, -0.25) is 4.79 Å². The Labute approximate surface area is 122 Å². The zero-order valence-corrected chi connectivity index (χ0v) is 12.1. The van der Waals surface area contributed by atoms with Crippen LogP contribution in [0.1, 0.15) is 31.4 Å². The van der Waals surface area contributed by atoms with Crippen LogP contribution in [0, 0.1) is 11.3 Å². The molecular formula is C15H20F3NO2. The summed E-state index contributed by atoms with van der Waals surface area (Å²) in [6, 6.07) is 4.75. The average molecular weight is 303 g/mol. The Morgan fingerprint density at radius 2 is 1.95 bits per heavy atom. The van der Waals surface area contributed by atoms with Crippen molar-refractivity contribution in [2.75, 3.05) is 6.54 Å². The van der Waals surface area contributed by atoms with Gasteiger partial charge in [-0.05, 0) is 30.4 Å². The van der Waals surface area contributed by atoms with E-state index in [1.165, 1.54) is 12.1 Å². The van der Waals surface area contributed by atoms with Gasteiger partial charge in [0.2, 0.25) is 0 Å². The van der Waals surface area contributed by atoms with Crippen molar-refractivity contribution in [3.63, 3.8) is 0 Å². The Morgan fingerprint density at radius 1 is 1.33 bits per heavy atom. The summed E-state index contributed by atoms with van der Waals surface area (Å²) < 4.78 is 38.1. The van der Waals surface area contributed by atoms with E-state index in [1.807, 2.05) is 13.8 Å². The zero-order valence-electron chi connectivity index (χ0n) is 12.1. The molecule has 1 aromatic carbocycles. The topological polar surface area (TPSA) is 63.3 Å². The number of hydrogen-bond donors (Lipinski definition) is 2. The summed E-state index contributed by atoms with van der Waals surface area (Å²) in [5.41, 5.74) is 3.94. The fourth-order valence-corrected chi connectivity index (χ4v) is 2.51. The summed E-state index contributed by atoms with van der Waals surface area (Å²) in [5, 5.41) is 9.46. The summed E-state index contributed by atoms with van der Waals surface area (Å²) in [6.45, 7) is 3.61. The molecule has 0 aliphatic rings. The molecule has 118 valence electrons. The highest BCUT2D eigenvalue weighted by atomic mass is 19.4. The van der Waals surface area contributed by atoms with Gasteiger partial charge in [-0.2, -0.15) is 13.2 Å². The molecule has 1 aromatic rings. The maximum Gasteiger partial charge on any atom is 0.416 e. The standard InChI is InChI=1S/C15H20F3NO2/c1-10(2)7-14(9-19,13(20)21)8-11-4-3-5-12(6-11)15(16,17)18/h3-6,10H,7-9,19H2,1-2H3,(H,20,21). The van der Waals surface area contributed by atoms with Crippen molar-refractivity contribution in [2.45, 2.75) is 32.9 Å². The van der Waals surface area contributed by atoms with Gasteiger partial charge in [-0.1, -0.05) is 32.0 Å². The first-order valence-electron chi connectivity index (χ1n) is 6.70. The molecule has 3 N–H and O–H groups in total. The molecule has 21 heavy (non-hydrogen) atoms. The first-order valence-corrected chi connectivity index (χ1v) is 6.70. The normalized spacial score (nSPS) is 15.0. The number of carboxylic acid groups (broad SMARTS) is 1. The molecular weight excluding hydrogens is 283 g/mol. The largest absolute Gasteiger partial charge is 0.481 e. The van der Waals surface area contributed by atoms with Gasteiger partial charge in [0.15, 0.2) is 0 Å². The smallest absolute Gasteiger partial charge is 0.416 e. The Balaban J connectivity index is 3.12. The number of benzene rings is 1. The number of rotatable bonds is 6. The molecule has 0 aromatic heterocycles. The van der Waals surface area contributed by atoms with Crippen molar-refractivity contribution < 1.29 is 23.1 Å². The second kappa shape index (κ2) is 6.47. The van der Waals surface area contributed by atoms with Gasteiger partial charge in [-0.25, -0.2) is 0 Å². The third-order valence-corrected chi connectivity index (χ3v) is 3.44. The van der Waals surface area contributed by atoms with E-state index in [2.05, 4.69) is 0 Å². The third-order valence-electron chi connectivity index (χ3n) is 3.44. The summed E-state index contributed by atoms with van der Waals surface area (Å²) in [5.74, 6) is -0.994. The van der Waals surface area contributed by atoms with Gasteiger partial charge < -0.3 is 10.8 Å². The Morgan fingerprint density at radius 3 is 2.38 bits per heavy atom. The molecule has 0 bridgehead atoms. The lowest BCUT2D eigenvalue weighted by Gasteiger charge is -2.30. The van der Waals surface area contributed by atoms with E-state index in [1.54, 1.807) is 0 Å². The van der Waals surface area contributed by atoms with Crippen molar-refractivity contribution in [2.24, 2.45) is 17.1 Å². The molecule has 0 aliphatic heterocycles.